The van der Waals surface area contributed by atoms with Gasteiger partial charge in [0.1, 0.15) is 0 Å². The molecule has 246 valence electrons. The lowest BCUT2D eigenvalue weighted by molar-refractivity contribution is -0.146. The Kier molecular flexibility index (Phi) is 9.82. The number of amides is 2. The van der Waals surface area contributed by atoms with Crippen LogP contribution in [0.1, 0.15) is 35.3 Å². The predicted octanol–water partition coefficient (Wildman–Crippen LogP) is 5.35. The molecule has 1 atom stereocenters. The number of nitrogens with two attached hydrogens (primary N) is 1. The van der Waals surface area contributed by atoms with Crippen molar-refractivity contribution in [2.45, 2.75) is 30.2 Å². The molecule has 0 radical (unpaired) electrons. The van der Waals surface area contributed by atoms with Gasteiger partial charge in [0.25, 0.3) is 5.91 Å². The van der Waals surface area contributed by atoms with Crippen LogP contribution in [0.5, 0.6) is 0 Å². The van der Waals surface area contributed by atoms with Crippen LogP contribution in [0.25, 0.3) is 21.7 Å². The molecular weight excluding hydrogens is 634 g/mol. The molecule has 12 nitrogen and oxygen atoms in total. The van der Waals surface area contributed by atoms with Crippen molar-refractivity contribution in [2.75, 3.05) is 18.5 Å². The van der Waals surface area contributed by atoms with E-state index >= 15 is 0 Å². The number of carbonyl (C=O) groups excluding carboxylic acids is 3. The van der Waals surface area contributed by atoms with Crippen molar-refractivity contribution < 1.29 is 32.3 Å². The van der Waals surface area contributed by atoms with E-state index in [1.54, 1.807) is 80.6 Å². The van der Waals surface area contributed by atoms with E-state index in [-0.39, 0.29) is 41.3 Å². The first-order valence-electron chi connectivity index (χ1n) is 15.0. The number of esters is 1. The first-order chi connectivity index (χ1) is 23.0. The molecule has 0 fully saturated rings. The number of benzene rings is 4. The molecule has 0 aliphatic rings. The van der Waals surface area contributed by atoms with Gasteiger partial charge in [-0.25, -0.2) is 18.0 Å². The number of carbonyl (C=O) groups is 3. The number of nitrogens with one attached hydrogen (secondary N) is 2. The summed E-state index contributed by atoms with van der Waals surface area (Å²) in [5.74, 6) is -1.65. The van der Waals surface area contributed by atoms with Gasteiger partial charge in [0.15, 0.2) is 0 Å². The van der Waals surface area contributed by atoms with Gasteiger partial charge >= 0.3 is 12.1 Å². The summed E-state index contributed by atoms with van der Waals surface area (Å²) in [6, 6.07) is 23.9. The van der Waals surface area contributed by atoms with E-state index in [9.17, 15) is 22.8 Å². The third-order valence-corrected chi connectivity index (χ3v) is 9.83. The Bertz CT molecular complexity index is 2130. The fourth-order valence-electron chi connectivity index (χ4n) is 5.29. The molecule has 1 heterocycles. The Hall–Kier alpha value is -5.66. The van der Waals surface area contributed by atoms with Gasteiger partial charge in [-0.2, -0.15) is 0 Å². The molecule has 1 aromatic heterocycles. The van der Waals surface area contributed by atoms with Crippen molar-refractivity contribution in [1.82, 2.24) is 9.88 Å². The zero-order chi connectivity index (χ0) is 34.5. The number of anilines is 1. The van der Waals surface area contributed by atoms with E-state index < -0.39 is 32.7 Å². The van der Waals surface area contributed by atoms with Crippen molar-refractivity contribution in [3.63, 3.8) is 0 Å². The average molecular weight is 668 g/mol. The lowest BCUT2D eigenvalue weighted by Crippen LogP contribution is -2.52. The Balaban J connectivity index is 1.51. The Morgan fingerprint density at radius 1 is 0.917 bits per heavy atom. The quantitative estimate of drug-likeness (QED) is 0.0949. The summed E-state index contributed by atoms with van der Waals surface area (Å²) in [5.41, 5.74) is 8.15. The van der Waals surface area contributed by atoms with Crippen molar-refractivity contribution in [3.05, 3.63) is 114 Å². The Labute approximate surface area is 276 Å². The highest BCUT2D eigenvalue weighted by Crippen LogP contribution is 2.37. The van der Waals surface area contributed by atoms with Crippen LogP contribution >= 0.6 is 0 Å². The molecule has 5 rings (SSSR count). The summed E-state index contributed by atoms with van der Waals surface area (Å²) >= 11 is 0. The normalized spacial score (nSPS) is 12.6. The molecule has 0 saturated heterocycles. The molecule has 48 heavy (non-hydrogen) atoms. The largest absolute Gasteiger partial charge is 0.464 e. The third kappa shape index (κ3) is 6.33. The van der Waals surface area contributed by atoms with Crippen LogP contribution in [0.2, 0.25) is 0 Å². The molecule has 5 aromatic rings. The van der Waals surface area contributed by atoms with E-state index in [4.69, 9.17) is 20.6 Å². The van der Waals surface area contributed by atoms with Gasteiger partial charge in [0.05, 0.1) is 36.5 Å². The summed E-state index contributed by atoms with van der Waals surface area (Å²) in [6.45, 7) is 3.42. The molecule has 4 N–H and O–H groups in total. The minimum atomic E-state index is -4.66. The summed E-state index contributed by atoms with van der Waals surface area (Å²) in [4.78, 5) is 41.5. The average Bonchev–Trinajstić information content (AvgIpc) is 3.10. The summed E-state index contributed by atoms with van der Waals surface area (Å²) in [6.07, 6.45) is 1.78. The SMILES string of the molecule is CCOC(=O)Nc1ccc(CN(C=N)C(=O)c2cccc3cc(C(N)(C(=O)OCC)S(=O)(=O)c4cccc5cccnc45)ccc23)cc1. The van der Waals surface area contributed by atoms with E-state index in [2.05, 4.69) is 10.3 Å². The topological polar surface area (TPSA) is 182 Å². The second-order valence-corrected chi connectivity index (χ2v) is 12.7. The first kappa shape index (κ1) is 33.7. The van der Waals surface area contributed by atoms with Gasteiger partial charge in [-0.05, 0) is 72.1 Å². The van der Waals surface area contributed by atoms with Crippen LogP contribution in [-0.4, -0.2) is 55.8 Å². The third-order valence-electron chi connectivity index (χ3n) is 7.67. The highest BCUT2D eigenvalue weighted by Gasteiger charge is 2.52. The highest BCUT2D eigenvalue weighted by molar-refractivity contribution is 7.93. The van der Waals surface area contributed by atoms with Crippen molar-refractivity contribution >= 4 is 61.5 Å². The number of para-hydroxylation sites is 1. The van der Waals surface area contributed by atoms with Crippen molar-refractivity contribution in [1.29, 1.82) is 5.41 Å². The van der Waals surface area contributed by atoms with Crippen LogP contribution < -0.4 is 11.1 Å². The number of fused-ring (bicyclic) bond motifs is 2. The van der Waals surface area contributed by atoms with Gasteiger partial charge in [0, 0.05) is 22.8 Å². The fourth-order valence-corrected chi connectivity index (χ4v) is 7.04. The monoisotopic (exact) mass is 667 g/mol. The molecule has 0 bridgehead atoms. The van der Waals surface area contributed by atoms with E-state index in [0.29, 0.717) is 27.4 Å². The number of aromatic nitrogens is 1. The smallest absolute Gasteiger partial charge is 0.411 e. The number of ether oxygens (including phenoxy) is 2. The lowest BCUT2D eigenvalue weighted by Gasteiger charge is -2.28. The second-order valence-electron chi connectivity index (χ2n) is 10.6. The van der Waals surface area contributed by atoms with Crippen molar-refractivity contribution in [2.24, 2.45) is 5.73 Å². The Morgan fingerprint density at radius 3 is 2.31 bits per heavy atom. The van der Waals surface area contributed by atoms with Crippen molar-refractivity contribution in [3.8, 4) is 0 Å². The molecule has 0 spiro atoms. The number of rotatable bonds is 11. The zero-order valence-corrected chi connectivity index (χ0v) is 27.0. The highest BCUT2D eigenvalue weighted by atomic mass is 32.2. The van der Waals surface area contributed by atoms with Gasteiger partial charge in [-0.1, -0.05) is 54.6 Å². The number of nitrogens with zero attached hydrogens (tertiary/aromatic N) is 2. The van der Waals surface area contributed by atoms with Crippen LogP contribution in [0.4, 0.5) is 10.5 Å². The minimum Gasteiger partial charge on any atom is -0.464 e. The predicted molar refractivity (Wildman–Crippen MR) is 181 cm³/mol. The molecule has 0 aliphatic carbocycles. The van der Waals surface area contributed by atoms with Gasteiger partial charge in [0.2, 0.25) is 14.7 Å². The van der Waals surface area contributed by atoms with Crippen LogP contribution in [0.3, 0.4) is 0 Å². The fraction of sp³-hybridized carbons (Fsp3) is 0.171. The zero-order valence-electron chi connectivity index (χ0n) is 26.2. The molecule has 2 amide bonds. The van der Waals surface area contributed by atoms with E-state index in [0.717, 1.165) is 6.34 Å². The summed E-state index contributed by atoms with van der Waals surface area (Å²) < 4.78 is 38.7. The van der Waals surface area contributed by atoms with Crippen LogP contribution in [0.15, 0.2) is 102 Å². The minimum absolute atomic E-state index is 0.0581. The molecule has 13 heteroatoms. The standard InChI is InChI=1S/C35H33N5O7S/c1-3-46-33(42)35(37,48(44,45)30-12-6-8-24-10-7-19-38-31(24)30)26-15-18-28-25(20-26)9-5-11-29(28)32(41)40(22-36)21-23-13-16-27(17-14-23)39-34(43)47-4-2/h5-20,22,36H,3-4,21,37H2,1-2H3,(H,39,43). The van der Waals surface area contributed by atoms with Gasteiger partial charge in [-0.3, -0.25) is 31.1 Å². The lowest BCUT2D eigenvalue weighted by atomic mass is 9.98. The number of hydrogen-bond donors (Lipinski definition) is 3. The number of sulfone groups is 1. The van der Waals surface area contributed by atoms with E-state index in [1.165, 1.54) is 35.4 Å². The maximum Gasteiger partial charge on any atom is 0.411 e. The van der Waals surface area contributed by atoms with Gasteiger partial charge < -0.3 is 9.47 Å². The van der Waals surface area contributed by atoms with Gasteiger partial charge in [-0.15, -0.1) is 0 Å². The number of hydrogen-bond acceptors (Lipinski definition) is 10. The molecular formula is C35H33N5O7S. The molecule has 0 saturated carbocycles. The number of pyridine rings is 1. The van der Waals surface area contributed by atoms with E-state index in [1.807, 2.05) is 0 Å². The van der Waals surface area contributed by atoms with Crippen LogP contribution in [0, 0.1) is 5.41 Å². The molecule has 4 aromatic carbocycles. The maximum absolute atomic E-state index is 14.3. The Morgan fingerprint density at radius 2 is 1.60 bits per heavy atom. The first-order valence-corrected chi connectivity index (χ1v) is 16.5. The summed E-state index contributed by atoms with van der Waals surface area (Å²) in [7, 11) is -4.66. The second kappa shape index (κ2) is 14.0. The summed E-state index contributed by atoms with van der Waals surface area (Å²) in [5, 5.41) is 12.0. The van der Waals surface area contributed by atoms with Crippen LogP contribution in [-0.2, 0) is 35.5 Å². The molecule has 0 aliphatic heterocycles. The maximum atomic E-state index is 14.3. The molecule has 1 unspecified atom stereocenters.